The summed E-state index contributed by atoms with van der Waals surface area (Å²) in [6.07, 6.45) is 10.6. The third kappa shape index (κ3) is 6.39. The molecular formula is C23H34N2O2. The fourth-order valence-corrected chi connectivity index (χ4v) is 3.95. The molecule has 1 aliphatic carbocycles. The average molecular weight is 371 g/mol. The van der Waals surface area contributed by atoms with Gasteiger partial charge in [0.15, 0.2) is 0 Å². The summed E-state index contributed by atoms with van der Waals surface area (Å²) in [5.74, 6) is 1.16. The van der Waals surface area contributed by atoms with Crippen LogP contribution in [-0.4, -0.2) is 43.1 Å². The number of hydrogen-bond donors (Lipinski definition) is 1. The average Bonchev–Trinajstić information content (AvgIpc) is 2.67. The van der Waals surface area contributed by atoms with Gasteiger partial charge in [-0.2, -0.15) is 0 Å². The second kappa shape index (κ2) is 9.93. The molecule has 1 saturated heterocycles. The summed E-state index contributed by atoms with van der Waals surface area (Å²) < 4.78 is 6.22. The Morgan fingerprint density at radius 3 is 2.78 bits per heavy atom. The maximum absolute atomic E-state index is 12.2. The van der Waals surface area contributed by atoms with Crippen molar-refractivity contribution in [2.24, 2.45) is 0 Å². The van der Waals surface area contributed by atoms with E-state index in [4.69, 9.17) is 4.74 Å². The lowest BCUT2D eigenvalue weighted by atomic mass is 9.97. The van der Waals surface area contributed by atoms with Crippen LogP contribution in [0.4, 0.5) is 0 Å². The molecule has 0 spiro atoms. The van der Waals surface area contributed by atoms with Gasteiger partial charge in [0.2, 0.25) is 5.91 Å². The van der Waals surface area contributed by atoms with Crippen molar-refractivity contribution in [3.8, 4) is 5.75 Å². The van der Waals surface area contributed by atoms with Crippen LogP contribution in [0.3, 0.4) is 0 Å². The topological polar surface area (TPSA) is 41.6 Å². The summed E-state index contributed by atoms with van der Waals surface area (Å²) in [6.45, 7) is 7.32. The largest absolute Gasteiger partial charge is 0.490 e. The molecule has 0 aromatic heterocycles. The van der Waals surface area contributed by atoms with Crippen molar-refractivity contribution in [3.05, 3.63) is 41.0 Å². The molecule has 4 heteroatoms. The summed E-state index contributed by atoms with van der Waals surface area (Å²) in [5.41, 5.74) is 3.94. The highest BCUT2D eigenvalue weighted by Gasteiger charge is 2.22. The Balaban J connectivity index is 1.34. The Labute approximate surface area is 164 Å². The molecule has 148 valence electrons. The van der Waals surface area contributed by atoms with Crippen molar-refractivity contribution in [1.29, 1.82) is 0 Å². The van der Waals surface area contributed by atoms with Gasteiger partial charge in [0.1, 0.15) is 11.9 Å². The number of allylic oxidation sites excluding steroid dienone is 1. The Morgan fingerprint density at radius 2 is 2.04 bits per heavy atom. The zero-order valence-electron chi connectivity index (χ0n) is 16.9. The quantitative estimate of drug-likeness (QED) is 0.733. The molecule has 1 aromatic rings. The Morgan fingerprint density at radius 1 is 1.22 bits per heavy atom. The molecule has 4 nitrogen and oxygen atoms in total. The highest BCUT2D eigenvalue weighted by molar-refractivity contribution is 5.78. The van der Waals surface area contributed by atoms with E-state index in [9.17, 15) is 4.79 Å². The minimum Gasteiger partial charge on any atom is -0.490 e. The van der Waals surface area contributed by atoms with Crippen LogP contribution >= 0.6 is 0 Å². The third-order valence-electron chi connectivity index (χ3n) is 5.69. The molecule has 0 saturated carbocycles. The number of likely N-dealkylation sites (tertiary alicyclic amines) is 1. The molecule has 1 aliphatic heterocycles. The number of rotatable bonds is 7. The van der Waals surface area contributed by atoms with Gasteiger partial charge >= 0.3 is 0 Å². The Kier molecular flexibility index (Phi) is 7.33. The lowest BCUT2D eigenvalue weighted by Crippen LogP contribution is -2.44. The van der Waals surface area contributed by atoms with E-state index in [1.807, 2.05) is 0 Å². The van der Waals surface area contributed by atoms with Crippen LogP contribution < -0.4 is 10.1 Å². The molecule has 2 aliphatic rings. The normalized spacial score (nSPS) is 18.8. The number of amides is 1. The molecular weight excluding hydrogens is 336 g/mol. The van der Waals surface area contributed by atoms with Gasteiger partial charge in [-0.25, -0.2) is 0 Å². The zero-order valence-corrected chi connectivity index (χ0v) is 16.9. The SMILES string of the molecule is Cc1ccc(C)c(OC2CCN(CC(=O)NCCC3=CCCCC3)CC2)c1. The van der Waals surface area contributed by atoms with Gasteiger partial charge in [0.05, 0.1) is 6.54 Å². The van der Waals surface area contributed by atoms with Crippen LogP contribution in [0.1, 0.15) is 56.1 Å². The molecule has 1 amide bonds. The van der Waals surface area contributed by atoms with Crippen molar-refractivity contribution in [2.45, 2.75) is 64.9 Å². The molecule has 27 heavy (non-hydrogen) atoms. The first-order valence-corrected chi connectivity index (χ1v) is 10.5. The van der Waals surface area contributed by atoms with Crippen LogP contribution in [-0.2, 0) is 4.79 Å². The summed E-state index contributed by atoms with van der Waals surface area (Å²) in [6, 6.07) is 6.36. The first kappa shape index (κ1) is 19.9. The first-order valence-electron chi connectivity index (χ1n) is 10.5. The smallest absolute Gasteiger partial charge is 0.234 e. The monoisotopic (exact) mass is 370 g/mol. The number of aryl methyl sites for hydroxylation is 2. The molecule has 0 unspecified atom stereocenters. The maximum atomic E-state index is 12.2. The first-order chi connectivity index (χ1) is 13.1. The van der Waals surface area contributed by atoms with E-state index in [0.717, 1.165) is 44.6 Å². The number of piperidine rings is 1. The lowest BCUT2D eigenvalue weighted by Gasteiger charge is -2.32. The molecule has 3 rings (SSSR count). The summed E-state index contributed by atoms with van der Waals surface area (Å²) >= 11 is 0. The summed E-state index contributed by atoms with van der Waals surface area (Å²) in [7, 11) is 0. The Bertz CT molecular complexity index is 660. The maximum Gasteiger partial charge on any atom is 0.234 e. The molecule has 0 bridgehead atoms. The summed E-state index contributed by atoms with van der Waals surface area (Å²) in [5, 5.41) is 3.09. The van der Waals surface area contributed by atoms with E-state index in [-0.39, 0.29) is 12.0 Å². The lowest BCUT2D eigenvalue weighted by molar-refractivity contribution is -0.122. The van der Waals surface area contributed by atoms with Gasteiger partial charge in [0.25, 0.3) is 0 Å². The molecule has 1 aromatic carbocycles. The predicted molar refractivity (Wildman–Crippen MR) is 110 cm³/mol. The highest BCUT2D eigenvalue weighted by atomic mass is 16.5. The van der Waals surface area contributed by atoms with Gasteiger partial charge in [-0.3, -0.25) is 9.69 Å². The zero-order chi connectivity index (χ0) is 19.1. The number of benzene rings is 1. The minimum atomic E-state index is 0.153. The number of nitrogens with zero attached hydrogens (tertiary/aromatic N) is 1. The van der Waals surface area contributed by atoms with Gasteiger partial charge in [-0.15, -0.1) is 0 Å². The molecule has 0 radical (unpaired) electrons. The van der Waals surface area contributed by atoms with Crippen molar-refractivity contribution in [2.75, 3.05) is 26.2 Å². The Hall–Kier alpha value is -1.81. The third-order valence-corrected chi connectivity index (χ3v) is 5.69. The van der Waals surface area contributed by atoms with Gasteiger partial charge in [0, 0.05) is 19.6 Å². The van der Waals surface area contributed by atoms with E-state index in [1.165, 1.54) is 42.4 Å². The number of nitrogens with one attached hydrogen (secondary N) is 1. The van der Waals surface area contributed by atoms with Crippen LogP contribution in [0, 0.1) is 13.8 Å². The predicted octanol–water partition coefficient (Wildman–Crippen LogP) is 4.15. The minimum absolute atomic E-state index is 0.153. The number of ether oxygens (including phenoxy) is 1. The second-order valence-electron chi connectivity index (χ2n) is 8.07. The van der Waals surface area contributed by atoms with Crippen LogP contribution in [0.25, 0.3) is 0 Å². The van der Waals surface area contributed by atoms with Gasteiger partial charge < -0.3 is 10.1 Å². The van der Waals surface area contributed by atoms with E-state index in [1.54, 1.807) is 0 Å². The molecule has 1 N–H and O–H groups in total. The van der Waals surface area contributed by atoms with Crippen LogP contribution in [0.2, 0.25) is 0 Å². The van der Waals surface area contributed by atoms with E-state index in [2.05, 4.69) is 48.3 Å². The number of hydrogen-bond acceptors (Lipinski definition) is 3. The van der Waals surface area contributed by atoms with Crippen LogP contribution in [0.15, 0.2) is 29.8 Å². The highest BCUT2D eigenvalue weighted by Crippen LogP contribution is 2.24. The van der Waals surface area contributed by atoms with E-state index in [0.29, 0.717) is 6.54 Å². The van der Waals surface area contributed by atoms with Gasteiger partial charge in [-0.05, 0) is 76.0 Å². The molecule has 0 atom stereocenters. The van der Waals surface area contributed by atoms with Gasteiger partial charge in [-0.1, -0.05) is 23.8 Å². The fraction of sp³-hybridized carbons (Fsp3) is 0.609. The standard InChI is InChI=1S/C23H34N2O2/c1-18-8-9-19(2)22(16-18)27-21-11-14-25(15-12-21)17-23(26)24-13-10-20-6-4-3-5-7-20/h6,8-9,16,21H,3-5,7,10-15,17H2,1-2H3,(H,24,26). The van der Waals surface area contributed by atoms with Crippen LogP contribution in [0.5, 0.6) is 5.75 Å². The van der Waals surface area contributed by atoms with E-state index < -0.39 is 0 Å². The molecule has 1 heterocycles. The fourth-order valence-electron chi connectivity index (χ4n) is 3.95. The second-order valence-corrected chi connectivity index (χ2v) is 8.07. The van der Waals surface area contributed by atoms with Crippen molar-refractivity contribution in [3.63, 3.8) is 0 Å². The number of carbonyl (C=O) groups is 1. The number of carbonyl (C=O) groups excluding carboxylic acids is 1. The van der Waals surface area contributed by atoms with Crippen molar-refractivity contribution in [1.82, 2.24) is 10.2 Å². The van der Waals surface area contributed by atoms with E-state index >= 15 is 0 Å². The molecule has 1 fully saturated rings. The summed E-state index contributed by atoms with van der Waals surface area (Å²) in [4.78, 5) is 14.5. The van der Waals surface area contributed by atoms with Crippen molar-refractivity contribution < 1.29 is 9.53 Å². The van der Waals surface area contributed by atoms with Crippen molar-refractivity contribution >= 4 is 5.91 Å².